The number of nitrogens with one attached hydrogen (secondary N) is 1. The van der Waals surface area contributed by atoms with Gasteiger partial charge in [-0.3, -0.25) is 0 Å². The number of furan rings is 1. The first kappa shape index (κ1) is 13.1. The van der Waals surface area contributed by atoms with Gasteiger partial charge in [0.15, 0.2) is 0 Å². The second-order valence-electron chi connectivity index (χ2n) is 4.82. The van der Waals surface area contributed by atoms with Crippen LogP contribution in [-0.2, 0) is 11.3 Å². The number of carboxylic acid groups (broad SMARTS) is 1. The van der Waals surface area contributed by atoms with E-state index < -0.39 is 5.97 Å². The van der Waals surface area contributed by atoms with Crippen molar-refractivity contribution >= 4 is 5.97 Å². The number of aromatic carboxylic acids is 1. The van der Waals surface area contributed by atoms with Gasteiger partial charge in [-0.25, -0.2) is 4.79 Å². The van der Waals surface area contributed by atoms with Crippen molar-refractivity contribution in [3.8, 4) is 0 Å². The average Bonchev–Trinajstić information content (AvgIpc) is 2.94. The first-order chi connectivity index (χ1) is 8.58. The lowest BCUT2D eigenvalue weighted by molar-refractivity contribution is 0.0659. The highest BCUT2D eigenvalue weighted by Gasteiger charge is 2.22. The summed E-state index contributed by atoms with van der Waals surface area (Å²) in [6.07, 6.45) is 1.08. The molecule has 1 aromatic heterocycles. The van der Waals surface area contributed by atoms with E-state index in [4.69, 9.17) is 14.3 Å². The first-order valence-electron chi connectivity index (χ1n) is 6.21. The largest absolute Gasteiger partial charge is 0.475 e. The molecule has 1 aliphatic heterocycles. The highest BCUT2D eigenvalue weighted by atomic mass is 16.5. The molecule has 0 aliphatic carbocycles. The fourth-order valence-electron chi connectivity index (χ4n) is 2.22. The zero-order chi connectivity index (χ0) is 13.1. The number of carbonyl (C=O) groups is 1. The maximum absolute atomic E-state index is 10.9. The Morgan fingerprint density at radius 3 is 3.00 bits per heavy atom. The number of carboxylic acids is 1. The Morgan fingerprint density at radius 1 is 1.67 bits per heavy atom. The van der Waals surface area contributed by atoms with E-state index in [0.717, 1.165) is 19.6 Å². The molecule has 1 saturated heterocycles. The molecule has 2 N–H and O–H groups in total. The Bertz CT molecular complexity index is 421. The van der Waals surface area contributed by atoms with Crippen molar-refractivity contribution in [3.05, 3.63) is 23.2 Å². The van der Waals surface area contributed by atoms with Crippen LogP contribution < -0.4 is 5.32 Å². The molecule has 0 spiro atoms. The third-order valence-electron chi connectivity index (χ3n) is 3.43. The molecule has 2 heterocycles. The molecule has 5 heteroatoms. The van der Waals surface area contributed by atoms with Crippen LogP contribution in [0.5, 0.6) is 0 Å². The SMILES string of the molecule is Cc1cc(CNC(C)C2CCOC2)oc1C(=O)O. The topological polar surface area (TPSA) is 71.7 Å². The lowest BCUT2D eigenvalue weighted by atomic mass is 10.0. The minimum atomic E-state index is -1.02. The zero-order valence-corrected chi connectivity index (χ0v) is 10.7. The van der Waals surface area contributed by atoms with Crippen molar-refractivity contribution in [2.75, 3.05) is 13.2 Å². The molecule has 0 bridgehead atoms. The minimum Gasteiger partial charge on any atom is -0.475 e. The molecule has 0 saturated carbocycles. The minimum absolute atomic E-state index is 0.0312. The molecule has 18 heavy (non-hydrogen) atoms. The van der Waals surface area contributed by atoms with Gasteiger partial charge < -0.3 is 19.6 Å². The van der Waals surface area contributed by atoms with Crippen molar-refractivity contribution in [1.29, 1.82) is 0 Å². The number of ether oxygens (including phenoxy) is 1. The lowest BCUT2D eigenvalue weighted by Gasteiger charge is -2.18. The predicted octanol–water partition coefficient (Wildman–Crippen LogP) is 1.80. The van der Waals surface area contributed by atoms with Crippen LogP contribution in [0.1, 0.15) is 35.2 Å². The van der Waals surface area contributed by atoms with Gasteiger partial charge in [0.2, 0.25) is 5.76 Å². The fourth-order valence-corrected chi connectivity index (χ4v) is 2.22. The maximum Gasteiger partial charge on any atom is 0.372 e. The summed E-state index contributed by atoms with van der Waals surface area (Å²) < 4.78 is 10.6. The molecule has 0 radical (unpaired) electrons. The summed E-state index contributed by atoms with van der Waals surface area (Å²) in [5.74, 6) is 0.204. The Kier molecular flexibility index (Phi) is 4.04. The molecule has 100 valence electrons. The molecule has 0 aromatic carbocycles. The summed E-state index contributed by atoms with van der Waals surface area (Å²) in [6, 6.07) is 2.11. The van der Waals surface area contributed by atoms with E-state index >= 15 is 0 Å². The Hall–Kier alpha value is -1.33. The molecule has 5 nitrogen and oxygen atoms in total. The zero-order valence-electron chi connectivity index (χ0n) is 10.7. The van der Waals surface area contributed by atoms with Crippen LogP contribution in [0.3, 0.4) is 0 Å². The van der Waals surface area contributed by atoms with Crippen LogP contribution in [-0.4, -0.2) is 30.3 Å². The predicted molar refractivity (Wildman–Crippen MR) is 65.6 cm³/mol. The number of hydrogen-bond acceptors (Lipinski definition) is 4. The van der Waals surface area contributed by atoms with E-state index in [1.54, 1.807) is 13.0 Å². The first-order valence-corrected chi connectivity index (χ1v) is 6.21. The Morgan fingerprint density at radius 2 is 2.44 bits per heavy atom. The quantitative estimate of drug-likeness (QED) is 0.837. The van der Waals surface area contributed by atoms with E-state index in [-0.39, 0.29) is 5.76 Å². The van der Waals surface area contributed by atoms with Crippen molar-refractivity contribution in [2.45, 2.75) is 32.9 Å². The standard InChI is InChI=1S/C13H19NO4/c1-8-5-11(18-12(8)13(15)16)6-14-9(2)10-3-4-17-7-10/h5,9-10,14H,3-4,6-7H2,1-2H3,(H,15,16). The Labute approximate surface area is 106 Å². The Balaban J connectivity index is 1.89. The summed E-state index contributed by atoms with van der Waals surface area (Å²) in [4.78, 5) is 10.9. The van der Waals surface area contributed by atoms with Crippen molar-refractivity contribution in [2.24, 2.45) is 5.92 Å². The van der Waals surface area contributed by atoms with Crippen LogP contribution in [0, 0.1) is 12.8 Å². The number of aryl methyl sites for hydroxylation is 1. The summed E-state index contributed by atoms with van der Waals surface area (Å²) in [6.45, 7) is 6.04. The van der Waals surface area contributed by atoms with Gasteiger partial charge in [-0.2, -0.15) is 0 Å². The second kappa shape index (κ2) is 5.54. The molecule has 0 amide bonds. The third kappa shape index (κ3) is 2.91. The fraction of sp³-hybridized carbons (Fsp3) is 0.615. The highest BCUT2D eigenvalue weighted by Crippen LogP contribution is 2.18. The van der Waals surface area contributed by atoms with Crippen LogP contribution in [0.25, 0.3) is 0 Å². The third-order valence-corrected chi connectivity index (χ3v) is 3.43. The summed E-state index contributed by atoms with van der Waals surface area (Å²) in [5.41, 5.74) is 0.663. The summed E-state index contributed by atoms with van der Waals surface area (Å²) in [7, 11) is 0. The molecule has 1 aliphatic rings. The summed E-state index contributed by atoms with van der Waals surface area (Å²) >= 11 is 0. The van der Waals surface area contributed by atoms with Crippen LogP contribution in [0.2, 0.25) is 0 Å². The number of rotatable bonds is 5. The van der Waals surface area contributed by atoms with Crippen LogP contribution in [0.15, 0.2) is 10.5 Å². The van der Waals surface area contributed by atoms with Crippen LogP contribution >= 0.6 is 0 Å². The lowest BCUT2D eigenvalue weighted by Crippen LogP contribution is -2.33. The van der Waals surface area contributed by atoms with Gasteiger partial charge in [-0.1, -0.05) is 0 Å². The van der Waals surface area contributed by atoms with Gasteiger partial charge in [-0.05, 0) is 32.3 Å². The number of hydrogen-bond donors (Lipinski definition) is 2. The van der Waals surface area contributed by atoms with E-state index in [0.29, 0.717) is 29.8 Å². The van der Waals surface area contributed by atoms with Gasteiger partial charge >= 0.3 is 5.97 Å². The van der Waals surface area contributed by atoms with Crippen molar-refractivity contribution in [1.82, 2.24) is 5.32 Å². The second-order valence-corrected chi connectivity index (χ2v) is 4.82. The molecular formula is C13H19NO4. The normalized spacial score (nSPS) is 21.1. The maximum atomic E-state index is 10.9. The molecule has 1 fully saturated rings. The molecule has 2 unspecified atom stereocenters. The summed E-state index contributed by atoms with van der Waals surface area (Å²) in [5, 5.41) is 12.3. The van der Waals surface area contributed by atoms with Gasteiger partial charge in [0, 0.05) is 18.2 Å². The van der Waals surface area contributed by atoms with E-state index in [1.165, 1.54) is 0 Å². The molecule has 1 aromatic rings. The van der Waals surface area contributed by atoms with Gasteiger partial charge in [-0.15, -0.1) is 0 Å². The van der Waals surface area contributed by atoms with Gasteiger partial charge in [0.25, 0.3) is 0 Å². The van der Waals surface area contributed by atoms with E-state index in [1.807, 2.05) is 0 Å². The van der Waals surface area contributed by atoms with Gasteiger partial charge in [0.1, 0.15) is 5.76 Å². The van der Waals surface area contributed by atoms with Crippen molar-refractivity contribution < 1.29 is 19.1 Å². The van der Waals surface area contributed by atoms with E-state index in [2.05, 4.69) is 12.2 Å². The average molecular weight is 253 g/mol. The monoisotopic (exact) mass is 253 g/mol. The molecular weight excluding hydrogens is 234 g/mol. The highest BCUT2D eigenvalue weighted by molar-refractivity contribution is 5.86. The van der Waals surface area contributed by atoms with Crippen LogP contribution in [0.4, 0.5) is 0 Å². The molecule has 2 rings (SSSR count). The van der Waals surface area contributed by atoms with Crippen molar-refractivity contribution in [3.63, 3.8) is 0 Å². The smallest absolute Gasteiger partial charge is 0.372 e. The molecule has 2 atom stereocenters. The van der Waals surface area contributed by atoms with Gasteiger partial charge in [0.05, 0.1) is 13.2 Å². The van der Waals surface area contributed by atoms with E-state index in [9.17, 15) is 4.79 Å².